The summed E-state index contributed by atoms with van der Waals surface area (Å²) in [6, 6.07) is 15.1. The molecule has 0 bridgehead atoms. The highest BCUT2D eigenvalue weighted by molar-refractivity contribution is 6.31. The van der Waals surface area contributed by atoms with Crippen LogP contribution in [0.25, 0.3) is 0 Å². The van der Waals surface area contributed by atoms with Crippen LogP contribution < -0.4 is 10.1 Å². The first-order valence-corrected chi connectivity index (χ1v) is 8.97. The Morgan fingerprint density at radius 1 is 1.16 bits per heavy atom. The smallest absolute Gasteiger partial charge is 0.251 e. The van der Waals surface area contributed by atoms with E-state index in [0.717, 1.165) is 29.4 Å². The van der Waals surface area contributed by atoms with Crippen molar-refractivity contribution in [1.29, 1.82) is 0 Å². The standard InChI is InChI=1S/C20H23ClN2O2/c1-25-16-10-8-15(9-11-16)20(24)22-14-19(23-12-4-5-13-23)17-6-2-3-7-18(17)21/h2-3,6-11,19H,4-5,12-14H2,1H3,(H,22,24)/t19-/m0/s1. The van der Waals surface area contributed by atoms with Crippen LogP contribution >= 0.6 is 11.6 Å². The highest BCUT2D eigenvalue weighted by atomic mass is 35.5. The molecule has 1 atom stereocenters. The third-order valence-corrected chi connectivity index (χ3v) is 5.00. The number of carbonyl (C=O) groups excluding carboxylic acids is 1. The number of benzene rings is 2. The Balaban J connectivity index is 1.71. The highest BCUT2D eigenvalue weighted by Crippen LogP contribution is 2.29. The molecule has 1 heterocycles. The van der Waals surface area contributed by atoms with E-state index in [2.05, 4.69) is 10.2 Å². The zero-order valence-corrected chi connectivity index (χ0v) is 15.1. The monoisotopic (exact) mass is 358 g/mol. The minimum Gasteiger partial charge on any atom is -0.497 e. The van der Waals surface area contributed by atoms with E-state index in [1.54, 1.807) is 31.4 Å². The molecule has 1 aliphatic rings. The van der Waals surface area contributed by atoms with Crippen molar-refractivity contribution in [2.75, 3.05) is 26.7 Å². The van der Waals surface area contributed by atoms with E-state index in [4.69, 9.17) is 16.3 Å². The summed E-state index contributed by atoms with van der Waals surface area (Å²) >= 11 is 6.41. The van der Waals surface area contributed by atoms with E-state index in [1.807, 2.05) is 24.3 Å². The van der Waals surface area contributed by atoms with Gasteiger partial charge < -0.3 is 10.1 Å². The first-order valence-electron chi connectivity index (χ1n) is 8.60. The number of likely N-dealkylation sites (tertiary alicyclic amines) is 1. The van der Waals surface area contributed by atoms with Gasteiger partial charge in [0.1, 0.15) is 5.75 Å². The van der Waals surface area contributed by atoms with Crippen LogP contribution in [0.4, 0.5) is 0 Å². The van der Waals surface area contributed by atoms with Gasteiger partial charge in [-0.3, -0.25) is 9.69 Å². The van der Waals surface area contributed by atoms with Gasteiger partial charge in [0.05, 0.1) is 13.2 Å². The molecular formula is C20H23ClN2O2. The molecule has 3 rings (SSSR count). The molecule has 5 heteroatoms. The molecular weight excluding hydrogens is 336 g/mol. The molecule has 2 aromatic carbocycles. The van der Waals surface area contributed by atoms with Crippen molar-refractivity contribution >= 4 is 17.5 Å². The van der Waals surface area contributed by atoms with E-state index in [0.29, 0.717) is 12.1 Å². The van der Waals surface area contributed by atoms with E-state index < -0.39 is 0 Å². The molecule has 0 unspecified atom stereocenters. The van der Waals surface area contributed by atoms with E-state index >= 15 is 0 Å². The van der Waals surface area contributed by atoms with Crippen molar-refractivity contribution in [2.45, 2.75) is 18.9 Å². The molecule has 25 heavy (non-hydrogen) atoms. The number of nitrogens with one attached hydrogen (secondary N) is 1. The van der Waals surface area contributed by atoms with Crippen molar-refractivity contribution in [3.8, 4) is 5.75 Å². The lowest BCUT2D eigenvalue weighted by molar-refractivity contribution is 0.0938. The minimum atomic E-state index is -0.0843. The van der Waals surface area contributed by atoms with Gasteiger partial charge in [-0.2, -0.15) is 0 Å². The predicted octanol–water partition coefficient (Wildman–Crippen LogP) is 3.92. The third-order valence-electron chi connectivity index (χ3n) is 4.65. The second-order valence-electron chi connectivity index (χ2n) is 6.22. The number of hydrogen-bond acceptors (Lipinski definition) is 3. The maximum Gasteiger partial charge on any atom is 0.251 e. The molecule has 1 fully saturated rings. The van der Waals surface area contributed by atoms with Crippen molar-refractivity contribution in [3.05, 3.63) is 64.7 Å². The molecule has 0 aliphatic carbocycles. The number of ether oxygens (including phenoxy) is 1. The zero-order valence-electron chi connectivity index (χ0n) is 14.4. The van der Waals surface area contributed by atoms with Crippen molar-refractivity contribution < 1.29 is 9.53 Å². The second kappa shape index (κ2) is 8.37. The topological polar surface area (TPSA) is 41.6 Å². The van der Waals surface area contributed by atoms with Gasteiger partial charge in [-0.15, -0.1) is 0 Å². The molecule has 0 spiro atoms. The number of carbonyl (C=O) groups is 1. The molecule has 0 saturated carbocycles. The zero-order chi connectivity index (χ0) is 17.6. The second-order valence-corrected chi connectivity index (χ2v) is 6.63. The van der Waals surface area contributed by atoms with Crippen LogP contribution in [0, 0.1) is 0 Å². The highest BCUT2D eigenvalue weighted by Gasteiger charge is 2.25. The SMILES string of the molecule is COc1ccc(C(=O)NC[C@@H](c2ccccc2Cl)N2CCCC2)cc1. The molecule has 1 aliphatic heterocycles. The summed E-state index contributed by atoms with van der Waals surface area (Å²) in [5.74, 6) is 0.654. The lowest BCUT2D eigenvalue weighted by Gasteiger charge is -2.29. The van der Waals surface area contributed by atoms with Gasteiger partial charge in [0.15, 0.2) is 0 Å². The fourth-order valence-corrected chi connectivity index (χ4v) is 3.53. The third kappa shape index (κ3) is 4.33. The first kappa shape index (κ1) is 17.8. The summed E-state index contributed by atoms with van der Waals surface area (Å²) in [6.45, 7) is 2.61. The molecule has 0 aromatic heterocycles. The lowest BCUT2D eigenvalue weighted by atomic mass is 10.0. The Morgan fingerprint density at radius 3 is 2.48 bits per heavy atom. The average molecular weight is 359 g/mol. The van der Waals surface area contributed by atoms with Gasteiger partial charge in [-0.25, -0.2) is 0 Å². The summed E-state index contributed by atoms with van der Waals surface area (Å²) in [5, 5.41) is 3.81. The summed E-state index contributed by atoms with van der Waals surface area (Å²) in [4.78, 5) is 14.9. The number of nitrogens with zero attached hydrogens (tertiary/aromatic N) is 1. The average Bonchev–Trinajstić information content (AvgIpc) is 3.17. The van der Waals surface area contributed by atoms with E-state index in [9.17, 15) is 4.79 Å². The first-order chi connectivity index (χ1) is 12.2. The molecule has 1 N–H and O–H groups in total. The number of hydrogen-bond donors (Lipinski definition) is 1. The maximum atomic E-state index is 12.5. The normalized spacial score (nSPS) is 15.8. The summed E-state index contributed by atoms with van der Waals surface area (Å²) in [6.07, 6.45) is 2.38. The number of amides is 1. The van der Waals surface area contributed by atoms with Crippen molar-refractivity contribution in [2.24, 2.45) is 0 Å². The molecule has 1 saturated heterocycles. The van der Waals surface area contributed by atoms with E-state index in [1.165, 1.54) is 12.8 Å². The van der Waals surface area contributed by atoms with Crippen molar-refractivity contribution in [3.63, 3.8) is 0 Å². The van der Waals surface area contributed by atoms with Crippen molar-refractivity contribution in [1.82, 2.24) is 10.2 Å². The van der Waals surface area contributed by atoms with Crippen LogP contribution in [0.15, 0.2) is 48.5 Å². The van der Waals surface area contributed by atoms with Crippen LogP contribution in [0.3, 0.4) is 0 Å². The van der Waals surface area contributed by atoms with Gasteiger partial charge in [-0.05, 0) is 61.8 Å². The van der Waals surface area contributed by atoms with Crippen LogP contribution in [0.1, 0.15) is 34.8 Å². The molecule has 2 aromatic rings. The number of methoxy groups -OCH3 is 1. The summed E-state index contributed by atoms with van der Waals surface area (Å²) < 4.78 is 5.13. The van der Waals surface area contributed by atoms with Crippen LogP contribution in [-0.4, -0.2) is 37.6 Å². The van der Waals surface area contributed by atoms with Crippen LogP contribution in [0.5, 0.6) is 5.75 Å². The fourth-order valence-electron chi connectivity index (χ4n) is 3.27. The largest absolute Gasteiger partial charge is 0.497 e. The van der Waals surface area contributed by atoms with Gasteiger partial charge >= 0.3 is 0 Å². The number of halogens is 1. The molecule has 132 valence electrons. The molecule has 0 radical (unpaired) electrons. The Bertz CT molecular complexity index is 712. The fraction of sp³-hybridized carbons (Fsp3) is 0.350. The van der Waals surface area contributed by atoms with E-state index in [-0.39, 0.29) is 11.9 Å². The minimum absolute atomic E-state index is 0.0843. The summed E-state index contributed by atoms with van der Waals surface area (Å²) in [7, 11) is 1.61. The molecule has 4 nitrogen and oxygen atoms in total. The van der Waals surface area contributed by atoms with Crippen LogP contribution in [0.2, 0.25) is 5.02 Å². The van der Waals surface area contributed by atoms with Gasteiger partial charge in [0.2, 0.25) is 0 Å². The number of rotatable bonds is 6. The predicted molar refractivity (Wildman–Crippen MR) is 100 cm³/mol. The maximum absolute atomic E-state index is 12.5. The Labute approximate surface area is 153 Å². The molecule has 1 amide bonds. The lowest BCUT2D eigenvalue weighted by Crippen LogP contribution is -2.37. The Hall–Kier alpha value is -2.04. The Kier molecular flexibility index (Phi) is 5.95. The Morgan fingerprint density at radius 2 is 1.84 bits per heavy atom. The quantitative estimate of drug-likeness (QED) is 0.851. The summed E-state index contributed by atoms with van der Waals surface area (Å²) in [5.41, 5.74) is 1.70. The van der Waals surface area contributed by atoms with Gasteiger partial charge in [0.25, 0.3) is 5.91 Å². The van der Waals surface area contributed by atoms with Gasteiger partial charge in [0, 0.05) is 17.1 Å². The van der Waals surface area contributed by atoms with Gasteiger partial charge in [-0.1, -0.05) is 29.8 Å². The van der Waals surface area contributed by atoms with Crippen LogP contribution in [-0.2, 0) is 0 Å².